The molecule has 35 heteroatoms. The first kappa shape index (κ1) is 69.6. The molecule has 7 aliphatic rings. The first-order valence-corrected chi connectivity index (χ1v) is 27.6. The minimum Gasteiger partial charge on any atom is -0.477 e. The van der Waals surface area contributed by atoms with E-state index in [1.54, 1.807) is 13.8 Å². The molecule has 7 heterocycles. The maximum Gasteiger partial charge on any atom is 0.364 e. The van der Waals surface area contributed by atoms with Crippen LogP contribution in [0.15, 0.2) is 0 Å². The summed E-state index contributed by atoms with van der Waals surface area (Å²) in [6.45, 7) is 0.105. The molecule has 7 aliphatic heterocycles. The van der Waals surface area contributed by atoms with Gasteiger partial charge >= 0.3 is 5.97 Å². The third kappa shape index (κ3) is 14.3. The lowest BCUT2D eigenvalue weighted by Gasteiger charge is -2.49. The van der Waals surface area contributed by atoms with Crippen molar-refractivity contribution < 1.29 is 169 Å². The number of aliphatic hydroxyl groups excluding tert-OH is 19. The molecule has 22 N–H and O–H groups in total. The Morgan fingerprint density at radius 2 is 0.893 bits per heavy atom. The smallest absolute Gasteiger partial charge is 0.364 e. The molecule has 0 aromatic heterocycles. The molecule has 0 aromatic rings. The second kappa shape index (κ2) is 29.4. The summed E-state index contributed by atoms with van der Waals surface area (Å²) in [5.74, 6) is -7.48. The SMILES string of the molecule is CC1C(O)[C@H](O[C@@H]2OC(CO[C@]3(C(=O)O)C[C@@H](O)[C@@H](N)C([C@H](O)[C@H](O)CO)O3)[C@H](O)C(O)C2O)[C@H](CO)O[C@H]1OC1C(O)[C@H](O)C(CO)O[C@@H]1OCC1O[C@@H](O[C@@H]2C(CO)O[C@@H](O[C@@H]3C(CO)O[C@@H](C)[C@@H](C)C3O)[C@@H](C)C2O)[C@H](O)C(O)[C@@H]1O. The Hall–Kier alpha value is -1.85. The first-order chi connectivity index (χ1) is 39.6. The van der Waals surface area contributed by atoms with Gasteiger partial charge in [0.1, 0.15) is 128 Å². The fraction of sp³-hybridized carbons (Fsp3) is 0.980. The Kier molecular flexibility index (Phi) is 24.4. The van der Waals surface area contributed by atoms with Gasteiger partial charge in [-0.1, -0.05) is 20.8 Å². The summed E-state index contributed by atoms with van der Waals surface area (Å²) in [6, 6.07) is -1.51. The molecule has 490 valence electrons. The summed E-state index contributed by atoms with van der Waals surface area (Å²) in [5.41, 5.74) is 5.91. The lowest BCUT2D eigenvalue weighted by atomic mass is 9.88. The van der Waals surface area contributed by atoms with Crippen molar-refractivity contribution in [2.45, 2.75) is 236 Å². The lowest BCUT2D eigenvalue weighted by Crippen LogP contribution is -2.67. The van der Waals surface area contributed by atoms with Crippen molar-refractivity contribution in [3.05, 3.63) is 0 Å². The van der Waals surface area contributed by atoms with Gasteiger partial charge in [0.25, 0.3) is 5.79 Å². The Morgan fingerprint density at radius 1 is 0.488 bits per heavy atom. The third-order valence-corrected chi connectivity index (χ3v) is 17.0. The van der Waals surface area contributed by atoms with Crippen molar-refractivity contribution in [2.75, 3.05) is 46.2 Å². The van der Waals surface area contributed by atoms with Crippen molar-refractivity contribution in [3.63, 3.8) is 0 Å². The summed E-state index contributed by atoms with van der Waals surface area (Å²) in [4.78, 5) is 12.6. The minimum absolute atomic E-state index is 0.438. The number of aliphatic hydroxyl groups is 19. The Morgan fingerprint density at radius 3 is 1.36 bits per heavy atom. The van der Waals surface area contributed by atoms with Gasteiger partial charge in [0.15, 0.2) is 31.5 Å². The van der Waals surface area contributed by atoms with Crippen LogP contribution in [0.5, 0.6) is 0 Å². The van der Waals surface area contributed by atoms with E-state index in [4.69, 9.17) is 67.3 Å². The highest BCUT2D eigenvalue weighted by Crippen LogP contribution is 2.40. The van der Waals surface area contributed by atoms with E-state index in [0.29, 0.717) is 0 Å². The largest absolute Gasteiger partial charge is 0.477 e. The zero-order chi connectivity index (χ0) is 62.1. The van der Waals surface area contributed by atoms with E-state index in [2.05, 4.69) is 0 Å². The van der Waals surface area contributed by atoms with Gasteiger partial charge in [0.2, 0.25) is 0 Å². The molecule has 0 bridgehead atoms. The van der Waals surface area contributed by atoms with Crippen molar-refractivity contribution in [2.24, 2.45) is 23.5 Å². The monoisotopic (exact) mass is 1230 g/mol. The highest BCUT2D eigenvalue weighted by Gasteiger charge is 2.59. The predicted octanol–water partition coefficient (Wildman–Crippen LogP) is -12.2. The van der Waals surface area contributed by atoms with Gasteiger partial charge in [0, 0.05) is 24.2 Å². The van der Waals surface area contributed by atoms with E-state index >= 15 is 0 Å². The summed E-state index contributed by atoms with van der Waals surface area (Å²) in [7, 11) is 0. The molecule has 35 nitrogen and oxygen atoms in total. The number of ether oxygens (including phenoxy) is 13. The van der Waals surface area contributed by atoms with Crippen molar-refractivity contribution in [1.82, 2.24) is 0 Å². The van der Waals surface area contributed by atoms with Crippen LogP contribution in [0.4, 0.5) is 0 Å². The Balaban J connectivity index is 1.00. The van der Waals surface area contributed by atoms with Gasteiger partial charge in [-0.15, -0.1) is 0 Å². The lowest BCUT2D eigenvalue weighted by molar-refractivity contribution is -0.385. The van der Waals surface area contributed by atoms with E-state index in [1.165, 1.54) is 13.8 Å². The fourth-order valence-electron chi connectivity index (χ4n) is 11.2. The Labute approximate surface area is 479 Å². The molecule has 0 aromatic carbocycles. The topological polar surface area (TPSA) is 568 Å². The maximum absolute atomic E-state index is 12.6. The van der Waals surface area contributed by atoms with Crippen LogP contribution in [0.2, 0.25) is 0 Å². The predicted molar refractivity (Wildman–Crippen MR) is 264 cm³/mol. The number of rotatable bonds is 22. The highest BCUT2D eigenvalue weighted by molar-refractivity contribution is 5.76. The number of hydrogen-bond acceptors (Lipinski definition) is 34. The second-order valence-electron chi connectivity index (χ2n) is 22.6. The maximum atomic E-state index is 12.6. The van der Waals surface area contributed by atoms with Gasteiger partial charge in [-0.3, -0.25) is 0 Å². The number of carboxylic acid groups (broad SMARTS) is 1. The van der Waals surface area contributed by atoms with Gasteiger partial charge < -0.3 is 169 Å². The quantitative estimate of drug-likeness (QED) is 0.0479. The van der Waals surface area contributed by atoms with E-state index in [1.807, 2.05) is 0 Å². The zero-order valence-corrected chi connectivity index (χ0v) is 46.1. The fourth-order valence-corrected chi connectivity index (χ4v) is 11.2. The average Bonchev–Trinajstić information content (AvgIpc) is 3.01. The van der Waals surface area contributed by atoms with E-state index < -0.39 is 278 Å². The van der Waals surface area contributed by atoms with Gasteiger partial charge in [-0.2, -0.15) is 0 Å². The van der Waals surface area contributed by atoms with E-state index in [0.717, 1.165) is 0 Å². The van der Waals surface area contributed by atoms with Crippen LogP contribution in [0.3, 0.4) is 0 Å². The number of aliphatic carboxylic acids is 1. The second-order valence-corrected chi connectivity index (χ2v) is 22.6. The molecule has 36 atom stereocenters. The molecule has 0 amide bonds. The van der Waals surface area contributed by atoms with Crippen molar-refractivity contribution in [3.8, 4) is 0 Å². The minimum atomic E-state index is -2.87. The Bertz CT molecular complexity index is 2040. The molecule has 7 fully saturated rings. The summed E-state index contributed by atoms with van der Waals surface area (Å²) in [5, 5.41) is 214. The normalized spacial score (nSPS) is 51.3. The van der Waals surface area contributed by atoms with E-state index in [-0.39, 0.29) is 0 Å². The van der Waals surface area contributed by atoms with Crippen LogP contribution < -0.4 is 5.73 Å². The van der Waals surface area contributed by atoms with Crippen LogP contribution in [0, 0.1) is 17.8 Å². The standard InChI is InChI=1S/C49H85NO34/c1-13-16(4)74-20(8-53)38(26(13)58)80-43-14(2)27(59)39(21(9-54)76-43)81-45-36(68)33(65)31(63)23(78-45)11-72-47-42(35(67)30(62)19(7-52)75-47)83-44-15(3)28(60)40(22(10-55)77-44)82-46-37(69)34(66)32(64)24(79-46)12-73-49(48(70)71)5-17(56)25(50)41(84-49)29(61)18(57)6-51/h13-47,51-69H,5-12,50H2,1-4H3,(H,70,71)/t13-,14+,15?,16+,17-,18-,19?,20?,21?,22+,23?,24?,25-,26?,27?,28?,29-,30-,31-,32+,33?,34?,35?,36-,37?,38-,39-,40-,41?,42?,43+,44+,45+,46+,47+,49-/m1/s1. The van der Waals surface area contributed by atoms with Crippen molar-refractivity contribution in [1.29, 1.82) is 0 Å². The molecule has 7 saturated heterocycles. The molecule has 7 rings (SSSR count). The van der Waals surface area contributed by atoms with Crippen LogP contribution in [-0.4, -0.2) is 356 Å². The summed E-state index contributed by atoms with van der Waals surface area (Å²) in [6.07, 6.45) is -53.8. The molecule has 0 aliphatic carbocycles. The summed E-state index contributed by atoms with van der Waals surface area (Å²) < 4.78 is 75.8. The average molecular weight is 1230 g/mol. The summed E-state index contributed by atoms with van der Waals surface area (Å²) >= 11 is 0. The van der Waals surface area contributed by atoms with Crippen LogP contribution in [0.1, 0.15) is 34.1 Å². The van der Waals surface area contributed by atoms with Crippen LogP contribution >= 0.6 is 0 Å². The highest BCUT2D eigenvalue weighted by atomic mass is 16.8. The number of carbonyl (C=O) groups is 1. The number of nitrogens with two attached hydrogens (primary N) is 1. The molecule has 84 heavy (non-hydrogen) atoms. The van der Waals surface area contributed by atoms with Crippen LogP contribution in [0.25, 0.3) is 0 Å². The van der Waals surface area contributed by atoms with Gasteiger partial charge in [-0.25, -0.2) is 4.79 Å². The van der Waals surface area contributed by atoms with E-state index in [9.17, 15) is 107 Å². The molecule has 0 spiro atoms. The van der Waals surface area contributed by atoms with Crippen molar-refractivity contribution >= 4 is 5.97 Å². The molecular formula is C49H85NO34. The molecular weight excluding hydrogens is 1150 g/mol. The third-order valence-electron chi connectivity index (χ3n) is 17.0. The number of carboxylic acids is 1. The molecule has 0 radical (unpaired) electrons. The zero-order valence-electron chi connectivity index (χ0n) is 46.1. The van der Waals surface area contributed by atoms with Gasteiger partial charge in [0.05, 0.1) is 82.8 Å². The molecule has 15 unspecified atom stereocenters. The first-order valence-electron chi connectivity index (χ1n) is 27.6. The van der Waals surface area contributed by atoms with Gasteiger partial charge in [-0.05, 0) is 6.92 Å². The number of hydrogen-bond donors (Lipinski definition) is 21. The molecule has 0 saturated carbocycles. The van der Waals surface area contributed by atoms with Crippen LogP contribution in [-0.2, 0) is 66.4 Å².